The van der Waals surface area contributed by atoms with Gasteiger partial charge in [0, 0.05) is 16.5 Å². The number of para-hydroxylation sites is 2. The van der Waals surface area contributed by atoms with Crippen LogP contribution in [0.2, 0.25) is 0 Å². The lowest BCUT2D eigenvalue weighted by Crippen LogP contribution is -1.93. The summed E-state index contributed by atoms with van der Waals surface area (Å²) in [5, 5.41) is 10.1. The number of rotatable bonds is 4. The van der Waals surface area contributed by atoms with Gasteiger partial charge in [-0.1, -0.05) is 158 Å². The Morgan fingerprint density at radius 1 is 0.265 bits per heavy atom. The SMILES string of the molecule is c1ccc(-c2c3ccccc3c(-c3ccc(-c4ccc5c(c4)c4ccccc4n5-c4ccccc4)c4ccccc34)c3ccccc23)cc1. The predicted octanol–water partition coefficient (Wildman–Crippen LogP) is 13.2. The minimum absolute atomic E-state index is 1.17. The molecule has 0 saturated carbocycles. The summed E-state index contributed by atoms with van der Waals surface area (Å²) in [5.41, 5.74) is 11.2. The van der Waals surface area contributed by atoms with Crippen LogP contribution in [0.1, 0.15) is 0 Å². The monoisotopic (exact) mass is 621 g/mol. The third-order valence-electron chi connectivity index (χ3n) is 10.2. The molecule has 1 heteroatoms. The van der Waals surface area contributed by atoms with Crippen molar-refractivity contribution in [2.75, 3.05) is 0 Å². The van der Waals surface area contributed by atoms with Gasteiger partial charge >= 0.3 is 0 Å². The Morgan fingerprint density at radius 3 is 1.39 bits per heavy atom. The molecule has 228 valence electrons. The van der Waals surface area contributed by atoms with E-state index in [9.17, 15) is 0 Å². The third-order valence-corrected chi connectivity index (χ3v) is 10.2. The largest absolute Gasteiger partial charge is 0.309 e. The maximum absolute atomic E-state index is 2.39. The number of benzene rings is 9. The van der Waals surface area contributed by atoms with Crippen LogP contribution in [0.4, 0.5) is 0 Å². The quantitative estimate of drug-likeness (QED) is 0.172. The van der Waals surface area contributed by atoms with E-state index in [1.807, 2.05) is 0 Å². The summed E-state index contributed by atoms with van der Waals surface area (Å²) >= 11 is 0. The summed E-state index contributed by atoms with van der Waals surface area (Å²) in [6.07, 6.45) is 0. The molecule has 0 atom stereocenters. The van der Waals surface area contributed by atoms with Crippen LogP contribution in [-0.4, -0.2) is 4.57 Å². The van der Waals surface area contributed by atoms with Crippen LogP contribution in [0.5, 0.6) is 0 Å². The summed E-state index contributed by atoms with van der Waals surface area (Å²) in [4.78, 5) is 0. The first-order valence-corrected chi connectivity index (χ1v) is 17.0. The van der Waals surface area contributed by atoms with Gasteiger partial charge in [0.15, 0.2) is 0 Å². The Kier molecular flexibility index (Phi) is 6.25. The Morgan fingerprint density at radius 2 is 0.735 bits per heavy atom. The van der Waals surface area contributed by atoms with E-state index in [0.717, 1.165) is 0 Å². The first kappa shape index (κ1) is 27.7. The van der Waals surface area contributed by atoms with Crippen molar-refractivity contribution in [2.24, 2.45) is 0 Å². The molecule has 0 amide bonds. The van der Waals surface area contributed by atoms with Crippen molar-refractivity contribution in [1.29, 1.82) is 0 Å². The molecule has 1 nitrogen and oxygen atoms in total. The zero-order valence-corrected chi connectivity index (χ0v) is 26.8. The molecule has 0 aliphatic rings. The fourth-order valence-electron chi connectivity index (χ4n) is 8.10. The molecule has 49 heavy (non-hydrogen) atoms. The lowest BCUT2D eigenvalue weighted by molar-refractivity contribution is 1.18. The van der Waals surface area contributed by atoms with Crippen molar-refractivity contribution < 1.29 is 0 Å². The van der Waals surface area contributed by atoms with Crippen molar-refractivity contribution in [3.8, 4) is 39.1 Å². The van der Waals surface area contributed by atoms with Gasteiger partial charge < -0.3 is 4.57 Å². The molecule has 9 aromatic carbocycles. The fourth-order valence-corrected chi connectivity index (χ4v) is 8.10. The van der Waals surface area contributed by atoms with E-state index in [2.05, 4.69) is 193 Å². The zero-order valence-electron chi connectivity index (χ0n) is 26.8. The van der Waals surface area contributed by atoms with Crippen LogP contribution in [-0.2, 0) is 0 Å². The molecular weight excluding hydrogens is 591 g/mol. The summed E-state index contributed by atoms with van der Waals surface area (Å²) < 4.78 is 2.38. The number of fused-ring (bicyclic) bond motifs is 6. The van der Waals surface area contributed by atoms with Crippen molar-refractivity contribution in [2.45, 2.75) is 0 Å². The molecule has 0 N–H and O–H groups in total. The Bertz CT molecular complexity index is 2800. The van der Waals surface area contributed by atoms with Gasteiger partial charge in [-0.2, -0.15) is 0 Å². The molecule has 1 aromatic heterocycles. The van der Waals surface area contributed by atoms with Gasteiger partial charge in [0.1, 0.15) is 0 Å². The van der Waals surface area contributed by atoms with E-state index in [0.29, 0.717) is 0 Å². The normalized spacial score (nSPS) is 11.7. The van der Waals surface area contributed by atoms with Gasteiger partial charge in [0.2, 0.25) is 0 Å². The molecule has 10 aromatic rings. The highest BCUT2D eigenvalue weighted by Gasteiger charge is 2.19. The van der Waals surface area contributed by atoms with Gasteiger partial charge in [-0.25, -0.2) is 0 Å². The summed E-state index contributed by atoms with van der Waals surface area (Å²) in [6, 6.07) is 68.7. The molecular formula is C48H31N. The molecule has 0 spiro atoms. The molecule has 0 aliphatic carbocycles. The first-order chi connectivity index (χ1) is 24.3. The number of nitrogens with zero attached hydrogens (tertiary/aromatic N) is 1. The van der Waals surface area contributed by atoms with Gasteiger partial charge in [-0.05, 0) is 96.0 Å². The van der Waals surface area contributed by atoms with Gasteiger partial charge in [-0.3, -0.25) is 0 Å². The second kappa shape index (κ2) is 11.1. The van der Waals surface area contributed by atoms with Gasteiger partial charge in [0.25, 0.3) is 0 Å². The summed E-state index contributed by atoms with van der Waals surface area (Å²) in [5.74, 6) is 0. The number of hydrogen-bond acceptors (Lipinski definition) is 0. The smallest absolute Gasteiger partial charge is 0.0541 e. The van der Waals surface area contributed by atoms with Gasteiger partial charge in [0.05, 0.1) is 11.0 Å². The minimum Gasteiger partial charge on any atom is -0.309 e. The molecule has 0 saturated heterocycles. The fraction of sp³-hybridized carbons (Fsp3) is 0. The molecule has 0 aliphatic heterocycles. The minimum atomic E-state index is 1.17. The maximum Gasteiger partial charge on any atom is 0.0541 e. The standard InChI is InChI=1S/C48H31N/c1-3-15-32(16-4-1)47-39-22-9-11-24-41(39)48(42-25-12-10-23-40(42)47)43-29-28-35(36-19-7-8-20-37(36)43)33-27-30-46-44(31-33)38-21-13-14-26-45(38)49(46)34-17-5-2-6-18-34/h1-31H. The second-order valence-corrected chi connectivity index (χ2v) is 12.8. The average Bonchev–Trinajstić information content (AvgIpc) is 3.51. The van der Waals surface area contributed by atoms with E-state index >= 15 is 0 Å². The highest BCUT2D eigenvalue weighted by Crippen LogP contribution is 2.46. The molecule has 1 heterocycles. The Balaban J connectivity index is 1.23. The van der Waals surface area contributed by atoms with Crippen molar-refractivity contribution in [3.63, 3.8) is 0 Å². The van der Waals surface area contributed by atoms with E-state index in [1.54, 1.807) is 0 Å². The lowest BCUT2D eigenvalue weighted by atomic mass is 9.84. The summed E-state index contributed by atoms with van der Waals surface area (Å²) in [7, 11) is 0. The van der Waals surface area contributed by atoms with Crippen LogP contribution in [0.3, 0.4) is 0 Å². The first-order valence-electron chi connectivity index (χ1n) is 17.0. The Labute approximate surface area is 284 Å². The van der Waals surface area contributed by atoms with Crippen LogP contribution >= 0.6 is 0 Å². The van der Waals surface area contributed by atoms with E-state index < -0.39 is 0 Å². The maximum atomic E-state index is 2.39. The van der Waals surface area contributed by atoms with Crippen molar-refractivity contribution in [1.82, 2.24) is 4.57 Å². The van der Waals surface area contributed by atoms with Crippen molar-refractivity contribution >= 4 is 54.1 Å². The predicted molar refractivity (Wildman–Crippen MR) is 210 cm³/mol. The Hall–Kier alpha value is -6.44. The van der Waals surface area contributed by atoms with Crippen LogP contribution in [0.25, 0.3) is 93.2 Å². The zero-order chi connectivity index (χ0) is 32.3. The van der Waals surface area contributed by atoms with E-state index in [1.165, 1.54) is 93.2 Å². The van der Waals surface area contributed by atoms with Crippen LogP contribution in [0, 0.1) is 0 Å². The average molecular weight is 622 g/mol. The number of hydrogen-bond donors (Lipinski definition) is 0. The van der Waals surface area contributed by atoms with Crippen molar-refractivity contribution in [3.05, 3.63) is 188 Å². The topological polar surface area (TPSA) is 4.93 Å². The van der Waals surface area contributed by atoms with E-state index in [4.69, 9.17) is 0 Å². The highest BCUT2D eigenvalue weighted by molar-refractivity contribution is 6.24. The molecule has 0 radical (unpaired) electrons. The molecule has 10 rings (SSSR count). The summed E-state index contributed by atoms with van der Waals surface area (Å²) in [6.45, 7) is 0. The van der Waals surface area contributed by atoms with Crippen LogP contribution in [0.15, 0.2) is 188 Å². The number of aromatic nitrogens is 1. The van der Waals surface area contributed by atoms with E-state index in [-0.39, 0.29) is 0 Å². The molecule has 0 fully saturated rings. The highest BCUT2D eigenvalue weighted by atomic mass is 15.0. The molecule has 0 unspecified atom stereocenters. The second-order valence-electron chi connectivity index (χ2n) is 12.8. The third kappa shape index (κ3) is 4.26. The van der Waals surface area contributed by atoms with Gasteiger partial charge in [-0.15, -0.1) is 0 Å². The van der Waals surface area contributed by atoms with Crippen LogP contribution < -0.4 is 0 Å². The molecule has 0 bridgehead atoms. The lowest BCUT2D eigenvalue weighted by Gasteiger charge is -2.19.